The Kier molecular flexibility index (Phi) is 7.17. The number of hydrogen-bond donors (Lipinski definition) is 2. The van der Waals surface area contributed by atoms with Crippen LogP contribution in [0.2, 0.25) is 0 Å². The van der Waals surface area contributed by atoms with Crippen molar-refractivity contribution in [2.24, 2.45) is 5.10 Å². The number of anilines is 1. The fourth-order valence-corrected chi connectivity index (χ4v) is 4.24. The van der Waals surface area contributed by atoms with Crippen molar-refractivity contribution in [2.75, 3.05) is 12.4 Å². The summed E-state index contributed by atoms with van der Waals surface area (Å²) in [6, 6.07) is 10.4. The van der Waals surface area contributed by atoms with Crippen molar-refractivity contribution in [1.29, 1.82) is 0 Å². The summed E-state index contributed by atoms with van der Waals surface area (Å²) in [6.07, 6.45) is 1.58. The number of halogens is 2. The minimum absolute atomic E-state index is 0.162. The third-order valence-corrected chi connectivity index (χ3v) is 4.67. The number of nitrogens with one attached hydrogen (secondary N) is 2. The number of amides is 2. The molecule has 2 aromatic carbocycles. The van der Waals surface area contributed by atoms with Gasteiger partial charge in [0.1, 0.15) is 5.75 Å². The summed E-state index contributed by atoms with van der Waals surface area (Å²) in [4.78, 5) is 23.0. The highest BCUT2D eigenvalue weighted by molar-refractivity contribution is 14.1. The van der Waals surface area contributed by atoms with E-state index in [1.165, 1.54) is 6.92 Å². The minimum atomic E-state index is -0.330. The zero-order chi connectivity index (χ0) is 18.4. The van der Waals surface area contributed by atoms with Crippen molar-refractivity contribution in [3.63, 3.8) is 0 Å². The van der Waals surface area contributed by atoms with E-state index >= 15 is 0 Å². The van der Waals surface area contributed by atoms with Gasteiger partial charge < -0.3 is 10.1 Å². The predicted octanol–water partition coefficient (Wildman–Crippen LogP) is 3.63. The van der Waals surface area contributed by atoms with E-state index in [1.54, 1.807) is 37.6 Å². The van der Waals surface area contributed by atoms with Gasteiger partial charge >= 0.3 is 0 Å². The lowest BCUT2D eigenvalue weighted by Gasteiger charge is -2.07. The first-order valence-corrected chi connectivity index (χ1v) is 9.30. The molecule has 0 heterocycles. The Morgan fingerprint density at radius 2 is 1.72 bits per heavy atom. The zero-order valence-corrected chi connectivity index (χ0v) is 17.8. The lowest BCUT2D eigenvalue weighted by Crippen LogP contribution is -2.17. The van der Waals surface area contributed by atoms with E-state index in [9.17, 15) is 9.59 Å². The molecular weight excluding hydrogens is 548 g/mol. The molecule has 0 aromatic heterocycles. The molecule has 8 heteroatoms. The minimum Gasteiger partial charge on any atom is -0.495 e. The molecule has 0 saturated carbocycles. The molecule has 0 atom stereocenters. The average molecular weight is 563 g/mol. The zero-order valence-electron chi connectivity index (χ0n) is 13.5. The molecule has 2 N–H and O–H groups in total. The van der Waals surface area contributed by atoms with Gasteiger partial charge in [-0.15, -0.1) is 0 Å². The van der Waals surface area contributed by atoms with Crippen LogP contribution in [0.15, 0.2) is 41.5 Å². The normalized spacial score (nSPS) is 10.6. The Bertz CT molecular complexity index is 797. The molecule has 0 spiro atoms. The Morgan fingerprint density at radius 3 is 2.24 bits per heavy atom. The van der Waals surface area contributed by atoms with Gasteiger partial charge in [0.25, 0.3) is 5.91 Å². The SMILES string of the molecule is COc1c(I)cc(/C=N\NC(=O)c2ccc(NC(C)=O)cc2)cc1I. The van der Waals surface area contributed by atoms with Gasteiger partial charge in [0.2, 0.25) is 5.91 Å². The smallest absolute Gasteiger partial charge is 0.271 e. The van der Waals surface area contributed by atoms with Crippen LogP contribution in [0.25, 0.3) is 0 Å². The predicted molar refractivity (Wildman–Crippen MR) is 114 cm³/mol. The van der Waals surface area contributed by atoms with Crippen molar-refractivity contribution in [1.82, 2.24) is 5.43 Å². The molecule has 0 aliphatic heterocycles. The van der Waals surface area contributed by atoms with E-state index < -0.39 is 0 Å². The van der Waals surface area contributed by atoms with Gasteiger partial charge in [-0.1, -0.05) is 0 Å². The quantitative estimate of drug-likeness (QED) is 0.332. The maximum atomic E-state index is 12.1. The Labute approximate surface area is 172 Å². The lowest BCUT2D eigenvalue weighted by atomic mass is 10.2. The molecule has 0 aliphatic rings. The van der Waals surface area contributed by atoms with Gasteiger partial charge in [-0.25, -0.2) is 5.43 Å². The fraction of sp³-hybridized carbons (Fsp3) is 0.118. The van der Waals surface area contributed by atoms with Crippen LogP contribution in [-0.4, -0.2) is 25.1 Å². The molecule has 0 unspecified atom stereocenters. The molecule has 0 aliphatic carbocycles. The maximum Gasteiger partial charge on any atom is 0.271 e. The summed E-state index contributed by atoms with van der Waals surface area (Å²) < 4.78 is 7.24. The number of hydrazone groups is 1. The second-order valence-corrected chi connectivity index (χ2v) is 7.30. The number of methoxy groups -OCH3 is 1. The van der Waals surface area contributed by atoms with E-state index in [0.717, 1.165) is 18.5 Å². The van der Waals surface area contributed by atoms with Crippen LogP contribution in [0.4, 0.5) is 5.69 Å². The van der Waals surface area contributed by atoms with Crippen LogP contribution in [0.5, 0.6) is 5.75 Å². The Balaban J connectivity index is 2.02. The summed E-state index contributed by atoms with van der Waals surface area (Å²) >= 11 is 4.38. The average Bonchev–Trinajstić information content (AvgIpc) is 2.54. The number of ether oxygens (including phenoxy) is 1. The molecule has 0 radical (unpaired) electrons. The summed E-state index contributed by atoms with van der Waals surface area (Å²) in [7, 11) is 1.63. The molecule has 25 heavy (non-hydrogen) atoms. The van der Waals surface area contributed by atoms with E-state index in [-0.39, 0.29) is 11.8 Å². The van der Waals surface area contributed by atoms with Gasteiger partial charge in [0.15, 0.2) is 0 Å². The molecule has 0 fully saturated rings. The standard InChI is InChI=1S/C17H15I2N3O3/c1-10(23)21-13-5-3-12(4-6-13)17(24)22-20-9-11-7-14(18)16(25-2)15(19)8-11/h3-9H,1-2H3,(H,21,23)(H,22,24)/b20-9-. The number of carbonyl (C=O) groups is 2. The summed E-state index contributed by atoms with van der Waals surface area (Å²) in [5.41, 5.74) is 4.42. The van der Waals surface area contributed by atoms with Crippen LogP contribution < -0.4 is 15.5 Å². The second-order valence-electron chi connectivity index (χ2n) is 4.98. The number of hydrogen-bond acceptors (Lipinski definition) is 4. The Hall–Kier alpha value is -1.69. The van der Waals surface area contributed by atoms with E-state index in [4.69, 9.17) is 4.74 Å². The highest BCUT2D eigenvalue weighted by atomic mass is 127. The molecule has 6 nitrogen and oxygen atoms in total. The summed E-state index contributed by atoms with van der Waals surface area (Å²) in [6.45, 7) is 1.43. The summed E-state index contributed by atoms with van der Waals surface area (Å²) in [5.74, 6) is 0.329. The van der Waals surface area contributed by atoms with Gasteiger partial charge in [0, 0.05) is 18.2 Å². The molecule has 130 valence electrons. The molecule has 2 amide bonds. The number of nitrogens with zero attached hydrogens (tertiary/aromatic N) is 1. The van der Waals surface area contributed by atoms with Crippen LogP contribution in [0, 0.1) is 7.14 Å². The third-order valence-electron chi connectivity index (χ3n) is 3.07. The van der Waals surface area contributed by atoms with Crippen LogP contribution in [0.1, 0.15) is 22.8 Å². The first-order chi connectivity index (χ1) is 11.9. The van der Waals surface area contributed by atoms with Gasteiger partial charge in [0.05, 0.1) is 20.5 Å². The van der Waals surface area contributed by atoms with Crippen molar-refractivity contribution in [2.45, 2.75) is 6.92 Å². The second kappa shape index (κ2) is 9.13. The first-order valence-electron chi connectivity index (χ1n) is 7.15. The van der Waals surface area contributed by atoms with Gasteiger partial charge in [-0.3, -0.25) is 9.59 Å². The largest absolute Gasteiger partial charge is 0.495 e. The first kappa shape index (κ1) is 19.6. The van der Waals surface area contributed by atoms with Gasteiger partial charge in [-0.2, -0.15) is 5.10 Å². The van der Waals surface area contributed by atoms with Crippen molar-refractivity contribution < 1.29 is 14.3 Å². The van der Waals surface area contributed by atoms with Crippen LogP contribution in [-0.2, 0) is 4.79 Å². The number of benzene rings is 2. The van der Waals surface area contributed by atoms with E-state index in [0.29, 0.717) is 11.3 Å². The van der Waals surface area contributed by atoms with Crippen molar-refractivity contribution in [3.05, 3.63) is 54.7 Å². The highest BCUT2D eigenvalue weighted by Crippen LogP contribution is 2.27. The number of carbonyl (C=O) groups excluding carboxylic acids is 2. The molecule has 0 bridgehead atoms. The maximum absolute atomic E-state index is 12.1. The molecule has 0 saturated heterocycles. The van der Waals surface area contributed by atoms with Crippen LogP contribution in [0.3, 0.4) is 0 Å². The Morgan fingerprint density at radius 1 is 1.12 bits per heavy atom. The van der Waals surface area contributed by atoms with Gasteiger partial charge in [-0.05, 0) is 87.1 Å². The topological polar surface area (TPSA) is 79.8 Å². The molecular formula is C17H15I2N3O3. The number of rotatable bonds is 5. The van der Waals surface area contributed by atoms with E-state index in [1.807, 2.05) is 12.1 Å². The third kappa shape index (κ3) is 5.66. The highest BCUT2D eigenvalue weighted by Gasteiger charge is 2.07. The molecule has 2 rings (SSSR count). The molecule has 2 aromatic rings. The van der Waals surface area contributed by atoms with Crippen LogP contribution >= 0.6 is 45.2 Å². The lowest BCUT2D eigenvalue weighted by molar-refractivity contribution is -0.114. The fourth-order valence-electron chi connectivity index (χ4n) is 1.99. The van der Waals surface area contributed by atoms with E-state index in [2.05, 4.69) is 61.0 Å². The monoisotopic (exact) mass is 563 g/mol. The summed E-state index contributed by atoms with van der Waals surface area (Å²) in [5, 5.41) is 6.63. The van der Waals surface area contributed by atoms with Crippen molar-refractivity contribution >= 4 is 68.9 Å². The van der Waals surface area contributed by atoms with Crippen molar-refractivity contribution in [3.8, 4) is 5.75 Å².